The Morgan fingerprint density at radius 2 is 0.714 bits per heavy atom. The van der Waals surface area contributed by atoms with Gasteiger partial charge in [-0.3, -0.25) is 15.0 Å². The van der Waals surface area contributed by atoms with Crippen molar-refractivity contribution in [1.82, 2.24) is 15.0 Å². The fraction of sp³-hybridized carbons (Fsp3) is 0.283. The summed E-state index contributed by atoms with van der Waals surface area (Å²) in [5.41, 5.74) is 6.80. The van der Waals surface area contributed by atoms with Gasteiger partial charge in [0.05, 0.1) is 16.8 Å². The Bertz CT molecular complexity index is 1960. The van der Waals surface area contributed by atoms with E-state index in [0.29, 0.717) is 0 Å². The first-order chi connectivity index (χ1) is 23.3. The number of benzene rings is 3. The zero-order valence-electron chi connectivity index (χ0n) is 30.3. The Kier molecular flexibility index (Phi) is 8.92. The lowest BCUT2D eigenvalue weighted by Gasteiger charge is -2.46. The molecule has 1 atom stereocenters. The number of aromatic nitrogens is 3. The van der Waals surface area contributed by atoms with Crippen molar-refractivity contribution in [2.75, 3.05) is 0 Å². The van der Waals surface area contributed by atoms with Crippen LogP contribution in [0.15, 0.2) is 152 Å². The van der Waals surface area contributed by atoms with E-state index >= 15 is 0 Å². The number of nitrogens with zero attached hydrogens (tertiary/aromatic N) is 3. The van der Waals surface area contributed by atoms with E-state index in [1.54, 1.807) is 0 Å². The van der Waals surface area contributed by atoms with Crippen molar-refractivity contribution in [3.05, 3.63) is 197 Å². The van der Waals surface area contributed by atoms with Crippen molar-refractivity contribution >= 4 is 0 Å². The van der Waals surface area contributed by atoms with Crippen molar-refractivity contribution in [1.29, 1.82) is 0 Å². The van der Waals surface area contributed by atoms with Crippen LogP contribution in [0.3, 0.4) is 0 Å². The highest BCUT2D eigenvalue weighted by Gasteiger charge is 2.48. The Morgan fingerprint density at radius 1 is 0.327 bits per heavy atom. The second-order valence-electron chi connectivity index (χ2n) is 15.3. The Morgan fingerprint density at radius 3 is 1.18 bits per heavy atom. The minimum absolute atomic E-state index is 0.365. The lowest BCUT2D eigenvalue weighted by Crippen LogP contribution is -2.46. The van der Waals surface area contributed by atoms with Crippen LogP contribution in [0.2, 0.25) is 0 Å². The molecular weight excluding hydrogens is 595 g/mol. The lowest BCUT2D eigenvalue weighted by atomic mass is 9.59. The quantitative estimate of drug-likeness (QED) is 0.149. The Labute approximate surface area is 293 Å². The molecule has 248 valence electrons. The van der Waals surface area contributed by atoms with Gasteiger partial charge in [0.2, 0.25) is 0 Å². The molecule has 49 heavy (non-hydrogen) atoms. The maximum atomic E-state index is 5.59. The van der Waals surface area contributed by atoms with E-state index in [-0.39, 0.29) is 16.2 Å². The van der Waals surface area contributed by atoms with E-state index in [4.69, 9.17) is 15.0 Å². The van der Waals surface area contributed by atoms with Crippen molar-refractivity contribution in [2.24, 2.45) is 0 Å². The summed E-state index contributed by atoms with van der Waals surface area (Å²) in [6, 6.07) is 51.5. The van der Waals surface area contributed by atoms with Gasteiger partial charge in [0.15, 0.2) is 0 Å². The number of hydrogen-bond acceptors (Lipinski definition) is 3. The van der Waals surface area contributed by atoms with Crippen molar-refractivity contribution in [2.45, 2.75) is 82.5 Å². The molecule has 0 amide bonds. The standard InChI is InChI=1S/C46H49N3/c1-42(2,38-29-20-31-40(48-38)45(7,34-22-12-9-13-23-34)35-24-14-10-15-25-35)43(3,4)39-30-21-32-41(49-39)46(8,36-26-16-11-17-27-36)44(5,6)37-28-18-19-33-47-37/h9-33H,1-8H3. The molecule has 0 saturated carbocycles. The molecule has 3 nitrogen and oxygen atoms in total. The van der Waals surface area contributed by atoms with Crippen molar-refractivity contribution < 1.29 is 0 Å². The second-order valence-corrected chi connectivity index (χ2v) is 15.3. The molecule has 0 fully saturated rings. The first-order valence-corrected chi connectivity index (χ1v) is 17.4. The summed E-state index contributed by atoms with van der Waals surface area (Å²) in [6.07, 6.45) is 1.89. The maximum absolute atomic E-state index is 5.59. The SMILES string of the molecule is CC(c1ccccc1)(c1ccccc1)c1cccc(C(C)(C)C(C)(C)c2cccc(C(C)(c3ccccc3)C(C)(C)c3ccccn3)n2)n1. The minimum atomic E-state index is -0.468. The summed E-state index contributed by atoms with van der Waals surface area (Å²) in [5, 5.41) is 0. The van der Waals surface area contributed by atoms with Gasteiger partial charge in [-0.2, -0.15) is 0 Å². The first kappa shape index (κ1) is 34.0. The van der Waals surface area contributed by atoms with Gasteiger partial charge in [-0.05, 0) is 66.9 Å². The van der Waals surface area contributed by atoms with Crippen molar-refractivity contribution in [3.63, 3.8) is 0 Å². The third kappa shape index (κ3) is 5.69. The van der Waals surface area contributed by atoms with Crippen LogP contribution < -0.4 is 0 Å². The average Bonchev–Trinajstić information content (AvgIpc) is 3.15. The molecule has 3 heteroatoms. The third-order valence-corrected chi connectivity index (χ3v) is 12.0. The van der Waals surface area contributed by atoms with Crippen LogP contribution in [0, 0.1) is 0 Å². The second kappa shape index (κ2) is 12.9. The smallest absolute Gasteiger partial charge is 0.0595 e. The maximum Gasteiger partial charge on any atom is 0.0595 e. The predicted octanol–water partition coefficient (Wildman–Crippen LogP) is 10.8. The lowest BCUT2D eigenvalue weighted by molar-refractivity contribution is 0.280. The van der Waals surface area contributed by atoms with Gasteiger partial charge >= 0.3 is 0 Å². The van der Waals surface area contributed by atoms with Crippen LogP contribution in [0.5, 0.6) is 0 Å². The molecule has 0 spiro atoms. The van der Waals surface area contributed by atoms with E-state index in [0.717, 1.165) is 28.5 Å². The normalized spacial score (nSPS) is 13.9. The highest BCUT2D eigenvalue weighted by molar-refractivity contribution is 5.48. The molecule has 0 aliphatic heterocycles. The molecule has 6 aromatic rings. The highest BCUT2D eigenvalue weighted by atomic mass is 14.8. The van der Waals surface area contributed by atoms with E-state index in [1.165, 1.54) is 16.7 Å². The zero-order chi connectivity index (χ0) is 34.9. The molecular formula is C46H49N3. The number of hydrogen-bond donors (Lipinski definition) is 0. The highest BCUT2D eigenvalue weighted by Crippen LogP contribution is 2.49. The minimum Gasteiger partial charge on any atom is -0.261 e. The van der Waals surface area contributed by atoms with Gasteiger partial charge in [-0.1, -0.05) is 151 Å². The molecule has 0 saturated heterocycles. The van der Waals surface area contributed by atoms with Gasteiger partial charge in [0.25, 0.3) is 0 Å². The molecule has 0 radical (unpaired) electrons. The molecule has 6 rings (SSSR count). The number of pyridine rings is 3. The molecule has 3 aromatic carbocycles. The third-order valence-electron chi connectivity index (χ3n) is 12.0. The molecule has 0 aliphatic rings. The van der Waals surface area contributed by atoms with Crippen LogP contribution in [0.25, 0.3) is 0 Å². The predicted molar refractivity (Wildman–Crippen MR) is 203 cm³/mol. The van der Waals surface area contributed by atoms with Crippen LogP contribution in [-0.4, -0.2) is 15.0 Å². The monoisotopic (exact) mass is 643 g/mol. The summed E-state index contributed by atoms with van der Waals surface area (Å²) in [7, 11) is 0. The van der Waals surface area contributed by atoms with Crippen LogP contribution >= 0.6 is 0 Å². The van der Waals surface area contributed by atoms with Gasteiger partial charge < -0.3 is 0 Å². The topological polar surface area (TPSA) is 38.7 Å². The molecule has 0 bridgehead atoms. The van der Waals surface area contributed by atoms with E-state index in [9.17, 15) is 0 Å². The average molecular weight is 644 g/mol. The van der Waals surface area contributed by atoms with Gasteiger partial charge in [-0.25, -0.2) is 0 Å². The van der Waals surface area contributed by atoms with E-state index in [2.05, 4.69) is 195 Å². The summed E-state index contributed by atoms with van der Waals surface area (Å²) >= 11 is 0. The molecule has 1 unspecified atom stereocenters. The summed E-state index contributed by atoms with van der Waals surface area (Å²) < 4.78 is 0. The van der Waals surface area contributed by atoms with Crippen LogP contribution in [0.4, 0.5) is 0 Å². The van der Waals surface area contributed by atoms with E-state index in [1.807, 2.05) is 12.3 Å². The van der Waals surface area contributed by atoms with Crippen LogP contribution in [0.1, 0.15) is 101 Å². The zero-order valence-corrected chi connectivity index (χ0v) is 30.3. The fourth-order valence-electron chi connectivity index (χ4n) is 7.36. The summed E-state index contributed by atoms with van der Waals surface area (Å²) in [4.78, 5) is 16.0. The molecule has 3 heterocycles. The van der Waals surface area contributed by atoms with Gasteiger partial charge in [0, 0.05) is 44.9 Å². The fourth-order valence-corrected chi connectivity index (χ4v) is 7.36. The molecule has 0 N–H and O–H groups in total. The van der Waals surface area contributed by atoms with E-state index < -0.39 is 10.8 Å². The number of rotatable bonds is 10. The summed E-state index contributed by atoms with van der Waals surface area (Å²) in [6.45, 7) is 18.4. The summed E-state index contributed by atoms with van der Waals surface area (Å²) in [5.74, 6) is 0. The Hall–Kier alpha value is -4.89. The first-order valence-electron chi connectivity index (χ1n) is 17.4. The van der Waals surface area contributed by atoms with Gasteiger partial charge in [-0.15, -0.1) is 0 Å². The largest absolute Gasteiger partial charge is 0.261 e. The molecule has 0 aliphatic carbocycles. The molecule has 3 aromatic heterocycles. The van der Waals surface area contributed by atoms with Gasteiger partial charge in [0.1, 0.15) is 0 Å². The Balaban J connectivity index is 1.46. The van der Waals surface area contributed by atoms with Crippen molar-refractivity contribution in [3.8, 4) is 0 Å². The van der Waals surface area contributed by atoms with Crippen LogP contribution in [-0.2, 0) is 27.1 Å².